The molecule has 0 fully saturated rings. The van der Waals surface area contributed by atoms with Crippen molar-refractivity contribution < 1.29 is 12.8 Å². The van der Waals surface area contributed by atoms with Gasteiger partial charge in [-0.2, -0.15) is 0 Å². The van der Waals surface area contributed by atoms with Gasteiger partial charge in [0.2, 0.25) is 10.0 Å². The normalized spacial score (nSPS) is 11.6. The molecule has 124 valence electrons. The first-order chi connectivity index (χ1) is 11.5. The van der Waals surface area contributed by atoms with Gasteiger partial charge in [0.15, 0.2) is 0 Å². The second kappa shape index (κ2) is 6.46. The molecule has 0 amide bonds. The minimum absolute atomic E-state index is 0.0680. The van der Waals surface area contributed by atoms with Crippen molar-refractivity contribution in [1.29, 1.82) is 0 Å². The van der Waals surface area contributed by atoms with E-state index in [1.807, 2.05) is 0 Å². The molecule has 1 heterocycles. The number of nitrogens with zero attached hydrogens (tertiary/aromatic N) is 4. The molecule has 0 atom stereocenters. The zero-order chi connectivity index (χ0) is 17.2. The van der Waals surface area contributed by atoms with Crippen LogP contribution in [0.1, 0.15) is 11.1 Å². The number of hydrogen-bond donors (Lipinski definition) is 1. The second-order valence-corrected chi connectivity index (χ2v) is 6.93. The quantitative estimate of drug-likeness (QED) is 0.757. The van der Waals surface area contributed by atoms with Crippen molar-refractivity contribution in [3.8, 4) is 5.69 Å². The van der Waals surface area contributed by atoms with E-state index in [9.17, 15) is 12.8 Å². The highest BCUT2D eigenvalue weighted by molar-refractivity contribution is 7.89. The lowest BCUT2D eigenvalue weighted by molar-refractivity contribution is 0.581. The molecule has 0 saturated carbocycles. The number of sulfonamides is 1. The van der Waals surface area contributed by atoms with Gasteiger partial charge >= 0.3 is 0 Å². The molecular formula is C15H14FN5O2S. The van der Waals surface area contributed by atoms with Crippen molar-refractivity contribution in [2.75, 3.05) is 0 Å². The Morgan fingerprint density at radius 1 is 1.21 bits per heavy atom. The highest BCUT2D eigenvalue weighted by atomic mass is 32.2. The zero-order valence-corrected chi connectivity index (χ0v) is 13.5. The Morgan fingerprint density at radius 3 is 2.75 bits per heavy atom. The summed E-state index contributed by atoms with van der Waals surface area (Å²) in [7, 11) is -3.72. The van der Waals surface area contributed by atoms with Gasteiger partial charge in [0.05, 0.1) is 10.6 Å². The van der Waals surface area contributed by atoms with E-state index in [4.69, 9.17) is 0 Å². The minimum Gasteiger partial charge on any atom is -0.207 e. The molecule has 0 radical (unpaired) electrons. The van der Waals surface area contributed by atoms with E-state index < -0.39 is 10.0 Å². The third-order valence-corrected chi connectivity index (χ3v) is 4.83. The van der Waals surface area contributed by atoms with E-state index in [1.54, 1.807) is 31.2 Å². The summed E-state index contributed by atoms with van der Waals surface area (Å²) in [5.41, 5.74) is 1.67. The standard InChI is InChI=1S/C15H14FN5O2S/c1-11-7-12(5-6-15(11)16)9-18-24(22,23)14-4-2-3-13(8-14)21-10-17-19-20-21/h2-8,10,18H,9H2,1H3. The van der Waals surface area contributed by atoms with Gasteiger partial charge in [0, 0.05) is 6.54 Å². The van der Waals surface area contributed by atoms with E-state index in [0.717, 1.165) is 0 Å². The number of rotatable bonds is 5. The summed E-state index contributed by atoms with van der Waals surface area (Å²) < 4.78 is 42.0. The largest absolute Gasteiger partial charge is 0.240 e. The van der Waals surface area contributed by atoms with Crippen molar-refractivity contribution in [2.45, 2.75) is 18.4 Å². The van der Waals surface area contributed by atoms with Crippen molar-refractivity contribution in [1.82, 2.24) is 24.9 Å². The molecule has 3 aromatic rings. The second-order valence-electron chi connectivity index (χ2n) is 5.16. The maximum absolute atomic E-state index is 13.3. The molecular weight excluding hydrogens is 333 g/mol. The number of aryl methyl sites for hydroxylation is 1. The fourth-order valence-electron chi connectivity index (χ4n) is 2.15. The first-order valence-electron chi connectivity index (χ1n) is 7.04. The maximum Gasteiger partial charge on any atom is 0.240 e. The highest BCUT2D eigenvalue weighted by Crippen LogP contribution is 2.15. The van der Waals surface area contributed by atoms with Crippen molar-refractivity contribution in [3.05, 3.63) is 65.7 Å². The average Bonchev–Trinajstić information content (AvgIpc) is 3.11. The monoisotopic (exact) mass is 347 g/mol. The molecule has 1 aromatic heterocycles. The first kappa shape index (κ1) is 16.2. The van der Waals surface area contributed by atoms with Gasteiger partial charge in [0.1, 0.15) is 12.1 Å². The van der Waals surface area contributed by atoms with E-state index in [1.165, 1.54) is 29.2 Å². The van der Waals surface area contributed by atoms with Gasteiger partial charge in [-0.25, -0.2) is 22.2 Å². The molecule has 0 unspecified atom stereocenters. The maximum atomic E-state index is 13.3. The van der Waals surface area contributed by atoms with Gasteiger partial charge in [-0.05, 0) is 52.7 Å². The zero-order valence-electron chi connectivity index (χ0n) is 12.7. The summed E-state index contributed by atoms with van der Waals surface area (Å²) in [6.45, 7) is 1.70. The lowest BCUT2D eigenvalue weighted by Gasteiger charge is -2.09. The Labute approximate surface area is 138 Å². The van der Waals surface area contributed by atoms with Gasteiger partial charge in [0.25, 0.3) is 0 Å². The van der Waals surface area contributed by atoms with Crippen LogP contribution in [0.3, 0.4) is 0 Å². The number of aromatic nitrogens is 4. The van der Waals surface area contributed by atoms with E-state index in [0.29, 0.717) is 16.8 Å². The Hall–Kier alpha value is -2.65. The minimum atomic E-state index is -3.72. The topological polar surface area (TPSA) is 89.8 Å². The van der Waals surface area contributed by atoms with Crippen LogP contribution < -0.4 is 4.72 Å². The highest BCUT2D eigenvalue weighted by Gasteiger charge is 2.15. The predicted octanol–water partition coefficient (Wildman–Crippen LogP) is 1.59. The Bertz CT molecular complexity index is 958. The number of tetrazole rings is 1. The van der Waals surface area contributed by atoms with Crippen LogP contribution in [0.25, 0.3) is 5.69 Å². The van der Waals surface area contributed by atoms with Crippen LogP contribution in [0, 0.1) is 12.7 Å². The Balaban J connectivity index is 1.80. The van der Waals surface area contributed by atoms with Gasteiger partial charge in [-0.1, -0.05) is 18.2 Å². The Kier molecular flexibility index (Phi) is 4.36. The van der Waals surface area contributed by atoms with Gasteiger partial charge in [-0.3, -0.25) is 0 Å². The fourth-order valence-corrected chi connectivity index (χ4v) is 3.21. The number of benzene rings is 2. The molecule has 0 aliphatic heterocycles. The molecule has 2 aromatic carbocycles. The molecule has 1 N–H and O–H groups in total. The van der Waals surface area contributed by atoms with Crippen LogP contribution in [-0.2, 0) is 16.6 Å². The SMILES string of the molecule is Cc1cc(CNS(=O)(=O)c2cccc(-n3cnnn3)c2)ccc1F. The van der Waals surface area contributed by atoms with Crippen LogP contribution in [0.4, 0.5) is 4.39 Å². The van der Waals surface area contributed by atoms with Crippen LogP contribution in [0.2, 0.25) is 0 Å². The molecule has 0 aliphatic rings. The van der Waals surface area contributed by atoms with Gasteiger partial charge < -0.3 is 0 Å². The summed E-state index contributed by atoms with van der Waals surface area (Å²) in [6.07, 6.45) is 1.38. The fraction of sp³-hybridized carbons (Fsp3) is 0.133. The van der Waals surface area contributed by atoms with Crippen molar-refractivity contribution in [3.63, 3.8) is 0 Å². The summed E-state index contributed by atoms with van der Waals surface area (Å²) in [5.74, 6) is -0.323. The molecule has 0 bridgehead atoms. The molecule has 9 heteroatoms. The molecule has 3 rings (SSSR count). The third kappa shape index (κ3) is 3.47. The van der Waals surface area contributed by atoms with E-state index in [-0.39, 0.29) is 17.3 Å². The smallest absolute Gasteiger partial charge is 0.207 e. The molecule has 7 nitrogen and oxygen atoms in total. The lowest BCUT2D eigenvalue weighted by Crippen LogP contribution is -2.23. The average molecular weight is 347 g/mol. The van der Waals surface area contributed by atoms with Crippen LogP contribution in [0.15, 0.2) is 53.7 Å². The van der Waals surface area contributed by atoms with Crippen LogP contribution >= 0.6 is 0 Å². The lowest BCUT2D eigenvalue weighted by atomic mass is 10.1. The predicted molar refractivity (Wildman–Crippen MR) is 84.3 cm³/mol. The number of nitrogens with one attached hydrogen (secondary N) is 1. The Morgan fingerprint density at radius 2 is 2.04 bits per heavy atom. The van der Waals surface area contributed by atoms with E-state index >= 15 is 0 Å². The summed E-state index contributed by atoms with van der Waals surface area (Å²) in [6, 6.07) is 10.7. The summed E-state index contributed by atoms with van der Waals surface area (Å²) in [4.78, 5) is 0.0920. The molecule has 0 aliphatic carbocycles. The van der Waals surface area contributed by atoms with Crippen molar-refractivity contribution in [2.24, 2.45) is 0 Å². The van der Waals surface area contributed by atoms with Gasteiger partial charge in [-0.15, -0.1) is 5.10 Å². The number of hydrogen-bond acceptors (Lipinski definition) is 5. The third-order valence-electron chi connectivity index (χ3n) is 3.43. The van der Waals surface area contributed by atoms with Crippen LogP contribution in [-0.4, -0.2) is 28.6 Å². The van der Waals surface area contributed by atoms with Crippen LogP contribution in [0.5, 0.6) is 0 Å². The molecule has 24 heavy (non-hydrogen) atoms. The molecule has 0 saturated heterocycles. The first-order valence-corrected chi connectivity index (χ1v) is 8.52. The summed E-state index contributed by atoms with van der Waals surface area (Å²) in [5, 5.41) is 10.8. The van der Waals surface area contributed by atoms with E-state index in [2.05, 4.69) is 20.2 Å². The molecule has 0 spiro atoms. The summed E-state index contributed by atoms with van der Waals surface area (Å²) >= 11 is 0. The number of halogens is 1. The van der Waals surface area contributed by atoms with Crippen molar-refractivity contribution >= 4 is 10.0 Å².